The average molecular weight is 295 g/mol. The molecule has 3 nitrogen and oxygen atoms in total. The molecule has 114 valence electrons. The fraction of sp³-hybridized carbons (Fsp3) is 0.211. The van der Waals surface area contributed by atoms with Gasteiger partial charge in [-0.3, -0.25) is 4.79 Å². The molecule has 0 atom stereocenters. The van der Waals surface area contributed by atoms with Crippen molar-refractivity contribution in [3.8, 4) is 5.75 Å². The number of hydrogen-bond donors (Lipinski definition) is 1. The summed E-state index contributed by atoms with van der Waals surface area (Å²) in [5.74, 6) is 0.761. The van der Waals surface area contributed by atoms with E-state index in [1.54, 1.807) is 7.11 Å². The van der Waals surface area contributed by atoms with Crippen LogP contribution < -0.4 is 10.1 Å². The Bertz CT molecular complexity index is 658. The van der Waals surface area contributed by atoms with Crippen LogP contribution in [0.1, 0.15) is 25.0 Å². The molecule has 1 N–H and O–H groups in total. The van der Waals surface area contributed by atoms with Gasteiger partial charge in [0.05, 0.1) is 7.11 Å². The summed E-state index contributed by atoms with van der Waals surface area (Å²) in [4.78, 5) is 11.4. The lowest BCUT2D eigenvalue weighted by Gasteiger charge is -2.14. The van der Waals surface area contributed by atoms with Gasteiger partial charge in [0, 0.05) is 12.6 Å². The number of nitrogens with one attached hydrogen (secondary N) is 1. The topological polar surface area (TPSA) is 38.3 Å². The van der Waals surface area contributed by atoms with Crippen molar-refractivity contribution in [1.29, 1.82) is 0 Å². The molecule has 0 saturated carbocycles. The van der Waals surface area contributed by atoms with Crippen LogP contribution in [0.4, 0.5) is 0 Å². The van der Waals surface area contributed by atoms with E-state index in [1.165, 1.54) is 12.5 Å². The lowest BCUT2D eigenvalue weighted by molar-refractivity contribution is -0.118. The maximum absolute atomic E-state index is 11.4. The summed E-state index contributed by atoms with van der Waals surface area (Å²) in [6.45, 7) is 3.46. The third-order valence-electron chi connectivity index (χ3n) is 3.48. The van der Waals surface area contributed by atoms with E-state index >= 15 is 0 Å². The van der Waals surface area contributed by atoms with Crippen molar-refractivity contribution in [2.24, 2.45) is 0 Å². The van der Waals surface area contributed by atoms with E-state index in [1.807, 2.05) is 49.4 Å². The van der Waals surface area contributed by atoms with Gasteiger partial charge in [-0.1, -0.05) is 42.5 Å². The molecule has 0 saturated heterocycles. The summed E-state index contributed by atoms with van der Waals surface area (Å²) in [5, 5.41) is 2.90. The molecule has 3 heteroatoms. The summed E-state index contributed by atoms with van der Waals surface area (Å²) < 4.78 is 5.21. The van der Waals surface area contributed by atoms with E-state index < -0.39 is 0 Å². The number of ether oxygens (including phenoxy) is 1. The van der Waals surface area contributed by atoms with Crippen LogP contribution in [0.5, 0.6) is 5.75 Å². The fourth-order valence-electron chi connectivity index (χ4n) is 2.38. The zero-order valence-corrected chi connectivity index (χ0v) is 13.2. The zero-order valence-electron chi connectivity index (χ0n) is 13.2. The summed E-state index contributed by atoms with van der Waals surface area (Å²) in [6.07, 6.45) is 0.763. The van der Waals surface area contributed by atoms with Gasteiger partial charge in [-0.05, 0) is 42.2 Å². The van der Waals surface area contributed by atoms with Crippen molar-refractivity contribution in [2.45, 2.75) is 20.3 Å². The number of rotatable bonds is 5. The zero-order chi connectivity index (χ0) is 15.9. The van der Waals surface area contributed by atoms with Crippen molar-refractivity contribution in [3.05, 3.63) is 71.4 Å². The van der Waals surface area contributed by atoms with Crippen molar-refractivity contribution in [3.63, 3.8) is 0 Å². The third-order valence-corrected chi connectivity index (χ3v) is 3.48. The van der Waals surface area contributed by atoms with Gasteiger partial charge in [0.1, 0.15) is 5.75 Å². The molecule has 0 aliphatic rings. The predicted molar refractivity (Wildman–Crippen MR) is 89.6 cm³/mol. The Hall–Kier alpha value is -2.55. The monoisotopic (exact) mass is 295 g/mol. The smallest absolute Gasteiger partial charge is 0.220 e. The first-order valence-electron chi connectivity index (χ1n) is 7.26. The van der Waals surface area contributed by atoms with Crippen molar-refractivity contribution < 1.29 is 9.53 Å². The van der Waals surface area contributed by atoms with Crippen LogP contribution in [0.3, 0.4) is 0 Å². The highest BCUT2D eigenvalue weighted by atomic mass is 16.5. The largest absolute Gasteiger partial charge is 0.497 e. The van der Waals surface area contributed by atoms with Crippen LogP contribution in [-0.4, -0.2) is 13.0 Å². The van der Waals surface area contributed by atoms with Crippen molar-refractivity contribution >= 4 is 11.5 Å². The second-order valence-electron chi connectivity index (χ2n) is 5.18. The Balaban J connectivity index is 2.38. The van der Waals surface area contributed by atoms with Gasteiger partial charge in [0.15, 0.2) is 0 Å². The summed E-state index contributed by atoms with van der Waals surface area (Å²) in [6, 6.07) is 18.1. The highest BCUT2D eigenvalue weighted by Gasteiger charge is 2.09. The number of benzene rings is 2. The summed E-state index contributed by atoms with van der Waals surface area (Å²) in [7, 11) is 1.65. The second-order valence-corrected chi connectivity index (χ2v) is 5.18. The quantitative estimate of drug-likeness (QED) is 0.911. The van der Waals surface area contributed by atoms with Crippen LogP contribution in [0.25, 0.3) is 5.57 Å². The number of hydrogen-bond acceptors (Lipinski definition) is 2. The van der Waals surface area contributed by atoms with Crippen LogP contribution in [0.2, 0.25) is 0 Å². The van der Waals surface area contributed by atoms with Crippen molar-refractivity contribution in [2.75, 3.05) is 7.11 Å². The van der Waals surface area contributed by atoms with E-state index in [0.29, 0.717) is 0 Å². The van der Waals surface area contributed by atoms with E-state index in [-0.39, 0.29) is 5.91 Å². The first-order chi connectivity index (χ1) is 10.6. The number of allylic oxidation sites excluding steroid dienone is 2. The van der Waals surface area contributed by atoms with Gasteiger partial charge >= 0.3 is 0 Å². The Morgan fingerprint density at radius 2 is 1.64 bits per heavy atom. The molecule has 0 fully saturated rings. The third kappa shape index (κ3) is 4.22. The van der Waals surface area contributed by atoms with Crippen LogP contribution in [-0.2, 0) is 11.2 Å². The highest BCUT2D eigenvalue weighted by Crippen LogP contribution is 2.24. The Kier molecular flexibility index (Phi) is 5.37. The molecule has 0 aromatic heterocycles. The van der Waals surface area contributed by atoms with Gasteiger partial charge in [-0.15, -0.1) is 0 Å². The van der Waals surface area contributed by atoms with Gasteiger partial charge in [-0.25, -0.2) is 0 Å². The maximum Gasteiger partial charge on any atom is 0.220 e. The molecule has 2 rings (SSSR count). The van der Waals surface area contributed by atoms with Gasteiger partial charge in [0.2, 0.25) is 5.91 Å². The van der Waals surface area contributed by atoms with Gasteiger partial charge in [-0.2, -0.15) is 0 Å². The molecular formula is C19H21NO2. The molecule has 0 aliphatic heterocycles. The number of carbonyl (C=O) groups is 1. The first-order valence-corrected chi connectivity index (χ1v) is 7.26. The Morgan fingerprint density at radius 3 is 2.18 bits per heavy atom. The minimum atomic E-state index is -0.0587. The lowest BCUT2D eigenvalue weighted by atomic mass is 9.96. The highest BCUT2D eigenvalue weighted by molar-refractivity contribution is 5.79. The molecule has 0 unspecified atom stereocenters. The molecule has 0 radical (unpaired) electrons. The molecule has 22 heavy (non-hydrogen) atoms. The first kappa shape index (κ1) is 15.8. The van der Waals surface area contributed by atoms with E-state index in [4.69, 9.17) is 4.74 Å². The standard InChI is InChI=1S/C19H21NO2/c1-14(20-15(2)21)19(13-16-7-5-4-6-8-16)17-9-11-18(22-3)12-10-17/h4-12H,13H2,1-3H3,(H,20,21)/b19-14-. The van der Waals surface area contributed by atoms with E-state index in [9.17, 15) is 4.79 Å². The van der Waals surface area contributed by atoms with Crippen LogP contribution in [0, 0.1) is 0 Å². The molecular weight excluding hydrogens is 274 g/mol. The average Bonchev–Trinajstić information content (AvgIpc) is 2.53. The molecule has 0 aliphatic carbocycles. The number of carbonyl (C=O) groups excluding carboxylic acids is 1. The lowest BCUT2D eigenvalue weighted by Crippen LogP contribution is -2.19. The van der Waals surface area contributed by atoms with Crippen LogP contribution >= 0.6 is 0 Å². The van der Waals surface area contributed by atoms with Crippen LogP contribution in [0.15, 0.2) is 60.3 Å². The SMILES string of the molecule is COc1ccc(/C(Cc2ccccc2)=C(/C)NC(C)=O)cc1. The summed E-state index contributed by atoms with van der Waals surface area (Å²) in [5.41, 5.74) is 4.26. The van der Waals surface area contributed by atoms with E-state index in [0.717, 1.165) is 29.0 Å². The van der Waals surface area contributed by atoms with Gasteiger partial charge < -0.3 is 10.1 Å². The normalized spacial score (nSPS) is 11.6. The van der Waals surface area contributed by atoms with E-state index in [2.05, 4.69) is 17.4 Å². The predicted octanol–water partition coefficient (Wildman–Crippen LogP) is 3.81. The Morgan fingerprint density at radius 1 is 1.00 bits per heavy atom. The fourth-order valence-corrected chi connectivity index (χ4v) is 2.38. The minimum Gasteiger partial charge on any atom is -0.497 e. The molecule has 2 aromatic carbocycles. The molecule has 2 aromatic rings. The minimum absolute atomic E-state index is 0.0587. The summed E-state index contributed by atoms with van der Waals surface area (Å²) >= 11 is 0. The maximum atomic E-state index is 11.4. The number of amides is 1. The second kappa shape index (κ2) is 7.46. The number of methoxy groups -OCH3 is 1. The van der Waals surface area contributed by atoms with Gasteiger partial charge in [0.25, 0.3) is 0 Å². The Labute approximate surface area is 131 Å². The van der Waals surface area contributed by atoms with Crippen molar-refractivity contribution in [1.82, 2.24) is 5.32 Å². The molecule has 1 amide bonds. The molecule has 0 bridgehead atoms. The molecule has 0 heterocycles. The molecule has 0 spiro atoms.